The third-order valence-electron chi connectivity index (χ3n) is 13.8. The molecule has 0 amide bonds. The second kappa shape index (κ2) is 16.6. The summed E-state index contributed by atoms with van der Waals surface area (Å²) in [6.45, 7) is 0. The Hall–Kier alpha value is -8.26. The van der Waals surface area contributed by atoms with E-state index in [1.165, 1.54) is 4.90 Å². The average Bonchev–Trinajstić information content (AvgIpc) is 3.72. The SMILES string of the molecule is [2H]C1=C([2H])C(N(c2ccc3c(c2)C(c2ccccc2)(c2ccccc2)c2ccccc2-3)c2c([2H])c([2H])c(-c3cccc4c3C=CCC4)c([2H])c2[2H])C([2H])C([2H])=C1c1c([2H])c([2H])c(-c2cc3ccccc3c3ccccc23)c([2H])c1[2H]. The van der Waals surface area contributed by atoms with Crippen molar-refractivity contribution >= 4 is 44.6 Å². The van der Waals surface area contributed by atoms with Crippen LogP contribution >= 0.6 is 0 Å². The van der Waals surface area contributed by atoms with Crippen LogP contribution in [0.1, 0.15) is 68.2 Å². The van der Waals surface area contributed by atoms with Crippen LogP contribution in [0.25, 0.3) is 66.6 Å². The van der Waals surface area contributed by atoms with Crippen LogP contribution in [0, 0.1) is 0 Å². The van der Waals surface area contributed by atoms with Gasteiger partial charge >= 0.3 is 0 Å². The summed E-state index contributed by atoms with van der Waals surface area (Å²) < 4.78 is 118. The maximum Gasteiger partial charge on any atom is 0.0714 e. The number of hydrogen-bond donors (Lipinski definition) is 0. The quantitative estimate of drug-likeness (QED) is 0.137. The zero-order valence-electron chi connectivity index (χ0n) is 48.9. The predicted molar refractivity (Wildman–Crippen MR) is 288 cm³/mol. The number of benzene rings is 10. The molecule has 0 N–H and O–H groups in total. The minimum atomic E-state index is -1.82. The van der Waals surface area contributed by atoms with Crippen LogP contribution in [0.3, 0.4) is 0 Å². The molecule has 10 aromatic carbocycles. The molecule has 2 atom stereocenters. The largest absolute Gasteiger partial charge is 0.334 e. The van der Waals surface area contributed by atoms with Crippen molar-refractivity contribution in [2.75, 3.05) is 4.90 Å². The van der Waals surface area contributed by atoms with E-state index in [-0.39, 0.29) is 34.6 Å². The number of rotatable bonds is 8. The van der Waals surface area contributed by atoms with Gasteiger partial charge in [0.15, 0.2) is 0 Å². The van der Waals surface area contributed by atoms with Crippen LogP contribution in [-0.2, 0) is 11.8 Å². The highest BCUT2D eigenvalue weighted by atomic mass is 15.2. The van der Waals surface area contributed by atoms with E-state index < -0.39 is 83.4 Å². The molecule has 10 aromatic rings. The van der Waals surface area contributed by atoms with E-state index in [1.807, 2.05) is 140 Å². The van der Waals surface area contributed by atoms with E-state index in [0.29, 0.717) is 16.5 Å². The second-order valence-corrected chi connectivity index (χ2v) is 17.5. The highest BCUT2D eigenvalue weighted by molar-refractivity contribution is 6.13. The van der Waals surface area contributed by atoms with Crippen molar-refractivity contribution in [3.05, 3.63) is 287 Å². The van der Waals surface area contributed by atoms with E-state index in [9.17, 15) is 16.4 Å². The van der Waals surface area contributed by atoms with E-state index in [2.05, 4.69) is 36.4 Å². The molecule has 322 valence electrons. The highest BCUT2D eigenvalue weighted by Crippen LogP contribution is 2.57. The summed E-state index contributed by atoms with van der Waals surface area (Å²) in [4.78, 5) is 1.41. The van der Waals surface area contributed by atoms with E-state index in [0.717, 1.165) is 73.5 Å². The Morgan fingerprint density at radius 1 is 0.500 bits per heavy atom. The van der Waals surface area contributed by atoms with Crippen molar-refractivity contribution < 1.29 is 16.4 Å². The molecule has 3 aliphatic rings. The van der Waals surface area contributed by atoms with Gasteiger partial charge in [-0.25, -0.2) is 0 Å². The summed E-state index contributed by atoms with van der Waals surface area (Å²) in [6, 6.07) is 49.8. The first-order valence-corrected chi connectivity index (χ1v) is 23.1. The Morgan fingerprint density at radius 2 is 1.13 bits per heavy atom. The van der Waals surface area contributed by atoms with E-state index in [4.69, 9.17) is 0 Å². The normalized spacial score (nSPS) is 19.4. The van der Waals surface area contributed by atoms with Gasteiger partial charge < -0.3 is 4.90 Å². The fourth-order valence-corrected chi connectivity index (χ4v) is 10.8. The summed E-state index contributed by atoms with van der Waals surface area (Å²) in [6.07, 6.45) is 3.73. The first-order chi connectivity index (χ1) is 38.7. The molecule has 0 saturated carbocycles. The summed E-state index contributed by atoms with van der Waals surface area (Å²) >= 11 is 0. The summed E-state index contributed by atoms with van der Waals surface area (Å²) in [5, 5.41) is 3.36. The zero-order valence-corrected chi connectivity index (χ0v) is 36.9. The van der Waals surface area contributed by atoms with Gasteiger partial charge in [-0.1, -0.05) is 224 Å². The van der Waals surface area contributed by atoms with Gasteiger partial charge in [0.05, 0.1) is 26.5 Å². The fraction of sp³-hybridized carbons (Fsp3) is 0.0746. The number of aryl methyl sites for hydroxylation is 1. The first kappa shape index (κ1) is 29.4. The molecule has 0 aliphatic heterocycles. The molecule has 1 heteroatoms. The molecule has 68 heavy (non-hydrogen) atoms. The van der Waals surface area contributed by atoms with Gasteiger partial charge in [0, 0.05) is 12.7 Å². The van der Waals surface area contributed by atoms with Gasteiger partial charge in [-0.2, -0.15) is 0 Å². The van der Waals surface area contributed by atoms with Crippen LogP contribution in [0.4, 0.5) is 11.4 Å². The highest BCUT2D eigenvalue weighted by Gasteiger charge is 2.46. The van der Waals surface area contributed by atoms with Crippen molar-refractivity contribution in [1.29, 1.82) is 0 Å². The van der Waals surface area contributed by atoms with Crippen molar-refractivity contribution in [3.63, 3.8) is 0 Å². The third-order valence-corrected chi connectivity index (χ3v) is 13.8. The third kappa shape index (κ3) is 6.53. The van der Waals surface area contributed by atoms with Crippen LogP contribution in [0.2, 0.25) is 0 Å². The Balaban J connectivity index is 1.04. The van der Waals surface area contributed by atoms with Crippen LogP contribution in [0.15, 0.2) is 248 Å². The van der Waals surface area contributed by atoms with Crippen molar-refractivity contribution in [1.82, 2.24) is 0 Å². The number of anilines is 2. The standard InChI is InChI=1S/C67H49N/c1-3-19-52(20-4-1)67(53-21-5-2-6-22-53)65-29-14-13-27-62(65)63-43-42-56(45-66(63)67)68(55-40-36-49(37-41-55)58-28-15-18-48-16-7-9-23-57(48)58)54-38-34-47(35-39-54)46-30-32-50(33-31-46)64-44-51-17-8-10-24-59(51)60-25-11-12-26-61(60)64/h1-6,8-15,17-38,40-45,54H,7,16,39H2/i30D,31D,32D,33D,34D,35D,36D,37D,38D,39D,40D,41D. The maximum absolute atomic E-state index is 10.1. The topological polar surface area (TPSA) is 3.24 Å². The molecule has 0 bridgehead atoms. The number of nitrogens with zero attached hydrogens (tertiary/aromatic N) is 1. The minimum absolute atomic E-state index is 0.0291. The van der Waals surface area contributed by atoms with Crippen LogP contribution in [0.5, 0.6) is 0 Å². The lowest BCUT2D eigenvalue weighted by molar-refractivity contribution is 0.761. The maximum atomic E-state index is 10.1. The molecule has 2 unspecified atom stereocenters. The van der Waals surface area contributed by atoms with Gasteiger partial charge in [0.25, 0.3) is 0 Å². The molecular formula is C67H49N. The molecule has 0 aromatic heterocycles. The molecule has 1 nitrogen and oxygen atoms in total. The van der Waals surface area contributed by atoms with Crippen LogP contribution in [-0.4, -0.2) is 6.04 Å². The molecular weight excluding hydrogens is 819 g/mol. The van der Waals surface area contributed by atoms with Gasteiger partial charge in [0.2, 0.25) is 0 Å². The molecule has 0 spiro atoms. The Bertz CT molecular complexity index is 4260. The predicted octanol–water partition coefficient (Wildman–Crippen LogP) is 17.2. The van der Waals surface area contributed by atoms with Gasteiger partial charge in [0.1, 0.15) is 0 Å². The Kier molecular flexibility index (Phi) is 7.16. The number of fused-ring (bicyclic) bond motifs is 7. The Labute approximate surface area is 416 Å². The molecule has 0 radical (unpaired) electrons. The lowest BCUT2D eigenvalue weighted by Crippen LogP contribution is -2.31. The minimum Gasteiger partial charge on any atom is -0.334 e. The monoisotopic (exact) mass is 879 g/mol. The second-order valence-electron chi connectivity index (χ2n) is 17.5. The molecule has 0 heterocycles. The van der Waals surface area contributed by atoms with Crippen molar-refractivity contribution in [3.8, 4) is 33.4 Å². The van der Waals surface area contributed by atoms with Gasteiger partial charge in [-0.3, -0.25) is 0 Å². The average molecular weight is 880 g/mol. The van der Waals surface area contributed by atoms with E-state index in [1.54, 1.807) is 12.1 Å². The Morgan fingerprint density at radius 3 is 1.93 bits per heavy atom. The molecule has 3 aliphatic carbocycles. The van der Waals surface area contributed by atoms with Crippen molar-refractivity contribution in [2.24, 2.45) is 0 Å². The number of hydrogen-bond acceptors (Lipinski definition) is 1. The van der Waals surface area contributed by atoms with Gasteiger partial charge in [-0.15, -0.1) is 0 Å². The van der Waals surface area contributed by atoms with E-state index >= 15 is 0 Å². The summed E-state index contributed by atoms with van der Waals surface area (Å²) in [5.41, 5.74) is 6.74. The smallest absolute Gasteiger partial charge is 0.0714 e. The zero-order chi connectivity index (χ0) is 55.5. The molecule has 0 fully saturated rings. The summed E-state index contributed by atoms with van der Waals surface area (Å²) in [5.74, 6) is 0. The number of allylic oxidation sites excluding steroid dienone is 3. The summed E-state index contributed by atoms with van der Waals surface area (Å²) in [7, 11) is 0. The molecule has 13 rings (SSSR count). The molecule has 0 saturated heterocycles. The lowest BCUT2D eigenvalue weighted by Gasteiger charge is -2.36. The lowest BCUT2D eigenvalue weighted by atomic mass is 9.67. The van der Waals surface area contributed by atoms with Crippen molar-refractivity contribution in [2.45, 2.75) is 30.7 Å². The fourth-order valence-electron chi connectivity index (χ4n) is 10.8. The van der Waals surface area contributed by atoms with Gasteiger partial charge in [-0.05, 0) is 149 Å². The van der Waals surface area contributed by atoms with Crippen LogP contribution < -0.4 is 4.90 Å². The first-order valence-electron chi connectivity index (χ1n) is 29.2.